The first-order valence-electron chi connectivity index (χ1n) is 12.2. The minimum Gasteiger partial charge on any atom is -0.489 e. The van der Waals surface area contributed by atoms with E-state index in [4.69, 9.17) is 21.1 Å². The summed E-state index contributed by atoms with van der Waals surface area (Å²) in [6.07, 6.45) is 2.02. The van der Waals surface area contributed by atoms with Crippen LogP contribution in [0.25, 0.3) is 11.3 Å². The number of hydrogen-bond acceptors (Lipinski definition) is 4. The van der Waals surface area contributed by atoms with Crippen LogP contribution in [0.4, 0.5) is 0 Å². The highest BCUT2D eigenvalue weighted by Crippen LogP contribution is 2.43. The number of halogens is 1. The molecule has 1 saturated heterocycles. The van der Waals surface area contributed by atoms with Gasteiger partial charge in [-0.25, -0.2) is 0 Å². The SMILES string of the molecule is O=C1c2[nH]nc(-c3ccc(Cl)cc3)c2C(c2ccc(OCc3ccccc3)cc2)N1CC1CCCO1. The largest absolute Gasteiger partial charge is 0.489 e. The summed E-state index contributed by atoms with van der Waals surface area (Å²) in [5.74, 6) is 0.727. The average molecular weight is 500 g/mol. The topological polar surface area (TPSA) is 67.5 Å². The molecule has 6 nitrogen and oxygen atoms in total. The summed E-state index contributed by atoms with van der Waals surface area (Å²) < 4.78 is 11.9. The maximum atomic E-state index is 13.5. The van der Waals surface area contributed by atoms with Crippen LogP contribution in [-0.2, 0) is 11.3 Å². The molecule has 1 amide bonds. The highest BCUT2D eigenvalue weighted by molar-refractivity contribution is 6.30. The third-order valence-electron chi connectivity index (χ3n) is 6.85. The lowest BCUT2D eigenvalue weighted by Crippen LogP contribution is -2.36. The minimum atomic E-state index is -0.274. The Morgan fingerprint density at radius 1 is 1.03 bits per heavy atom. The number of carbonyl (C=O) groups excluding carboxylic acids is 1. The summed E-state index contributed by atoms with van der Waals surface area (Å²) in [5, 5.41) is 8.21. The van der Waals surface area contributed by atoms with Crippen molar-refractivity contribution in [2.24, 2.45) is 0 Å². The molecule has 1 aromatic heterocycles. The molecule has 7 heteroatoms. The normalized spacial score (nSPS) is 19.0. The third-order valence-corrected chi connectivity index (χ3v) is 7.10. The Bertz CT molecular complexity index is 1350. The van der Waals surface area contributed by atoms with Gasteiger partial charge in [0.25, 0.3) is 5.91 Å². The average Bonchev–Trinajstić information content (AvgIpc) is 3.64. The summed E-state index contributed by atoms with van der Waals surface area (Å²) >= 11 is 6.12. The molecule has 2 atom stereocenters. The van der Waals surface area contributed by atoms with Crippen LogP contribution in [0.2, 0.25) is 5.02 Å². The quantitative estimate of drug-likeness (QED) is 0.337. The Balaban J connectivity index is 1.33. The van der Waals surface area contributed by atoms with Crippen molar-refractivity contribution in [2.75, 3.05) is 13.2 Å². The monoisotopic (exact) mass is 499 g/mol. The smallest absolute Gasteiger partial charge is 0.273 e. The van der Waals surface area contributed by atoms with Gasteiger partial charge in [-0.05, 0) is 48.2 Å². The van der Waals surface area contributed by atoms with Crippen molar-refractivity contribution < 1.29 is 14.3 Å². The molecule has 0 spiro atoms. The molecule has 0 aliphatic carbocycles. The van der Waals surface area contributed by atoms with E-state index in [2.05, 4.69) is 10.2 Å². The van der Waals surface area contributed by atoms with Crippen LogP contribution in [0.5, 0.6) is 5.75 Å². The molecule has 2 aliphatic rings. The molecule has 6 rings (SSSR count). The summed E-state index contributed by atoms with van der Waals surface area (Å²) in [7, 11) is 0. The van der Waals surface area contributed by atoms with Crippen molar-refractivity contribution in [3.63, 3.8) is 0 Å². The number of ether oxygens (including phenoxy) is 2. The van der Waals surface area contributed by atoms with Crippen LogP contribution in [0.3, 0.4) is 0 Å². The first-order chi connectivity index (χ1) is 17.7. The summed E-state index contributed by atoms with van der Waals surface area (Å²) in [4.78, 5) is 15.5. The zero-order chi connectivity index (χ0) is 24.5. The zero-order valence-corrected chi connectivity index (χ0v) is 20.4. The molecule has 4 aromatic rings. The predicted molar refractivity (Wildman–Crippen MR) is 138 cm³/mol. The fraction of sp³-hybridized carbons (Fsp3) is 0.241. The Morgan fingerprint density at radius 3 is 2.53 bits per heavy atom. The fourth-order valence-electron chi connectivity index (χ4n) is 5.05. The Kier molecular flexibility index (Phi) is 6.21. The Hall–Kier alpha value is -3.61. The van der Waals surface area contributed by atoms with Crippen LogP contribution in [0.15, 0.2) is 78.9 Å². The molecule has 0 bridgehead atoms. The van der Waals surface area contributed by atoms with Gasteiger partial charge in [0.15, 0.2) is 0 Å². The van der Waals surface area contributed by atoms with Gasteiger partial charge in [0.2, 0.25) is 0 Å². The number of nitrogens with zero attached hydrogens (tertiary/aromatic N) is 2. The molecular formula is C29H26ClN3O3. The molecule has 36 heavy (non-hydrogen) atoms. The molecule has 0 radical (unpaired) electrons. The van der Waals surface area contributed by atoms with E-state index in [1.54, 1.807) is 0 Å². The van der Waals surface area contributed by atoms with Gasteiger partial charge in [0.1, 0.15) is 18.1 Å². The summed E-state index contributed by atoms with van der Waals surface area (Å²) in [5.41, 5.74) is 5.21. The number of carbonyl (C=O) groups is 1. The van der Waals surface area contributed by atoms with Gasteiger partial charge in [-0.1, -0.05) is 66.2 Å². The molecular weight excluding hydrogens is 474 g/mol. The maximum Gasteiger partial charge on any atom is 0.273 e. The van der Waals surface area contributed by atoms with Gasteiger partial charge < -0.3 is 14.4 Å². The number of amides is 1. The Morgan fingerprint density at radius 2 is 1.81 bits per heavy atom. The highest BCUT2D eigenvalue weighted by atomic mass is 35.5. The van der Waals surface area contributed by atoms with Crippen molar-refractivity contribution >= 4 is 17.5 Å². The van der Waals surface area contributed by atoms with E-state index in [-0.39, 0.29) is 18.1 Å². The molecule has 2 unspecified atom stereocenters. The number of fused-ring (bicyclic) bond motifs is 1. The van der Waals surface area contributed by atoms with E-state index in [0.29, 0.717) is 23.9 Å². The van der Waals surface area contributed by atoms with Crippen molar-refractivity contribution in [1.82, 2.24) is 15.1 Å². The van der Waals surface area contributed by atoms with Gasteiger partial charge in [-0.2, -0.15) is 5.10 Å². The number of nitrogens with one attached hydrogen (secondary N) is 1. The standard InChI is InChI=1S/C29H26ClN3O3/c30-22-12-8-20(9-13-22)26-25-27(32-31-26)29(34)33(17-24-7-4-16-35-24)28(25)21-10-14-23(15-11-21)36-18-19-5-2-1-3-6-19/h1-3,5-6,8-15,24,28H,4,7,16-18H2,(H,31,32). The van der Waals surface area contributed by atoms with E-state index >= 15 is 0 Å². The van der Waals surface area contributed by atoms with Gasteiger partial charge in [0, 0.05) is 29.3 Å². The van der Waals surface area contributed by atoms with Crippen LogP contribution in [0, 0.1) is 0 Å². The fourth-order valence-corrected chi connectivity index (χ4v) is 5.18. The van der Waals surface area contributed by atoms with Crippen molar-refractivity contribution in [3.05, 3.63) is 106 Å². The first kappa shape index (κ1) is 22.8. The summed E-state index contributed by atoms with van der Waals surface area (Å²) in [6, 6.07) is 25.4. The molecule has 3 aromatic carbocycles. The molecule has 0 saturated carbocycles. The first-order valence-corrected chi connectivity index (χ1v) is 12.6. The molecule has 3 heterocycles. The van der Waals surface area contributed by atoms with Crippen LogP contribution < -0.4 is 4.74 Å². The number of benzene rings is 3. The lowest BCUT2D eigenvalue weighted by atomic mass is 9.96. The number of H-pyrrole nitrogens is 1. The second-order valence-corrected chi connectivity index (χ2v) is 9.64. The summed E-state index contributed by atoms with van der Waals surface area (Å²) in [6.45, 7) is 1.78. The van der Waals surface area contributed by atoms with Crippen molar-refractivity contribution in [1.29, 1.82) is 0 Å². The van der Waals surface area contributed by atoms with E-state index < -0.39 is 0 Å². The second-order valence-electron chi connectivity index (χ2n) is 9.21. The number of aromatic nitrogens is 2. The van der Waals surface area contributed by atoms with Crippen LogP contribution in [0.1, 0.15) is 46.1 Å². The lowest BCUT2D eigenvalue weighted by molar-refractivity contribution is 0.0495. The van der Waals surface area contributed by atoms with E-state index in [0.717, 1.165) is 53.1 Å². The van der Waals surface area contributed by atoms with E-state index in [1.807, 2.05) is 83.8 Å². The molecule has 1 fully saturated rings. The van der Waals surface area contributed by atoms with Gasteiger partial charge in [-0.3, -0.25) is 9.89 Å². The third kappa shape index (κ3) is 4.38. The zero-order valence-electron chi connectivity index (χ0n) is 19.7. The predicted octanol–water partition coefficient (Wildman–Crippen LogP) is 6.03. The number of aromatic amines is 1. The number of rotatable bonds is 7. The lowest BCUT2D eigenvalue weighted by Gasteiger charge is -2.28. The number of hydrogen-bond donors (Lipinski definition) is 1. The maximum absolute atomic E-state index is 13.5. The Labute approximate surface area is 214 Å². The van der Waals surface area contributed by atoms with Crippen LogP contribution in [-0.4, -0.2) is 40.3 Å². The highest BCUT2D eigenvalue weighted by Gasteiger charge is 2.43. The molecule has 2 aliphatic heterocycles. The van der Waals surface area contributed by atoms with E-state index in [9.17, 15) is 4.79 Å². The van der Waals surface area contributed by atoms with Gasteiger partial charge in [-0.15, -0.1) is 0 Å². The van der Waals surface area contributed by atoms with Crippen molar-refractivity contribution in [2.45, 2.75) is 31.6 Å². The van der Waals surface area contributed by atoms with Gasteiger partial charge >= 0.3 is 0 Å². The van der Waals surface area contributed by atoms with Crippen molar-refractivity contribution in [3.8, 4) is 17.0 Å². The minimum absolute atomic E-state index is 0.0425. The van der Waals surface area contributed by atoms with E-state index in [1.165, 1.54) is 0 Å². The molecule has 1 N–H and O–H groups in total. The van der Waals surface area contributed by atoms with Gasteiger partial charge in [0.05, 0.1) is 17.8 Å². The van der Waals surface area contributed by atoms with Crippen LogP contribution >= 0.6 is 11.6 Å². The molecule has 182 valence electrons. The second kappa shape index (κ2) is 9.80.